The zero-order valence-corrected chi connectivity index (χ0v) is 12.5. The van der Waals surface area contributed by atoms with Crippen molar-refractivity contribution in [2.75, 3.05) is 20.1 Å². The number of nitrogens with zero attached hydrogens (tertiary/aromatic N) is 3. The quantitative estimate of drug-likeness (QED) is 0.855. The molecule has 110 valence electrons. The van der Waals surface area contributed by atoms with Gasteiger partial charge in [0.15, 0.2) is 0 Å². The highest BCUT2D eigenvalue weighted by atomic mass is 16.2. The molecule has 1 heterocycles. The number of hydrogen-bond acceptors (Lipinski definition) is 3. The van der Waals surface area contributed by atoms with Gasteiger partial charge in [0.2, 0.25) is 0 Å². The lowest BCUT2D eigenvalue weighted by atomic mass is 10.0. The van der Waals surface area contributed by atoms with Crippen LogP contribution < -0.4 is 0 Å². The molecule has 1 aliphatic carbocycles. The number of likely N-dealkylation sites (tertiary alicyclic amines) is 1. The Kier molecular flexibility index (Phi) is 3.94. The molecular formula is C17H21N3O. The number of carbonyl (C=O) groups is 1. The third kappa shape index (κ3) is 3.08. The van der Waals surface area contributed by atoms with Crippen molar-refractivity contribution in [3.05, 3.63) is 35.4 Å². The van der Waals surface area contributed by atoms with E-state index >= 15 is 0 Å². The Morgan fingerprint density at radius 2 is 1.90 bits per heavy atom. The van der Waals surface area contributed by atoms with Gasteiger partial charge in [0.25, 0.3) is 5.91 Å². The number of amides is 1. The summed E-state index contributed by atoms with van der Waals surface area (Å²) in [5, 5.41) is 9.00. The number of hydrogen-bond donors (Lipinski definition) is 0. The summed E-state index contributed by atoms with van der Waals surface area (Å²) in [6.45, 7) is 2.11. The average molecular weight is 283 g/mol. The Bertz CT molecular complexity index is 566. The van der Waals surface area contributed by atoms with E-state index in [0.29, 0.717) is 23.2 Å². The van der Waals surface area contributed by atoms with Gasteiger partial charge in [-0.05, 0) is 64.0 Å². The van der Waals surface area contributed by atoms with Crippen molar-refractivity contribution in [1.82, 2.24) is 9.80 Å². The lowest BCUT2D eigenvalue weighted by molar-refractivity contribution is 0.0569. The molecule has 0 radical (unpaired) electrons. The number of carbonyl (C=O) groups excluding carboxylic acids is 1. The minimum Gasteiger partial charge on any atom is -0.333 e. The maximum absolute atomic E-state index is 12.9. The minimum atomic E-state index is 0.101. The van der Waals surface area contributed by atoms with Gasteiger partial charge >= 0.3 is 0 Å². The number of nitriles is 1. The van der Waals surface area contributed by atoms with Crippen molar-refractivity contribution in [2.24, 2.45) is 0 Å². The van der Waals surface area contributed by atoms with Gasteiger partial charge in [0.1, 0.15) is 0 Å². The Labute approximate surface area is 126 Å². The smallest absolute Gasteiger partial charge is 0.254 e. The molecule has 3 rings (SSSR count). The van der Waals surface area contributed by atoms with Crippen LogP contribution in [0.1, 0.15) is 41.6 Å². The van der Waals surface area contributed by atoms with Crippen LogP contribution >= 0.6 is 0 Å². The fraction of sp³-hybridized carbons (Fsp3) is 0.529. The molecule has 0 N–H and O–H groups in total. The Morgan fingerprint density at radius 1 is 1.24 bits per heavy atom. The predicted molar refractivity (Wildman–Crippen MR) is 80.9 cm³/mol. The zero-order chi connectivity index (χ0) is 14.8. The summed E-state index contributed by atoms with van der Waals surface area (Å²) in [5.74, 6) is 0.101. The standard InChI is InChI=1S/C17H21N3O/c1-19-9-7-16(8-10-19)20(15-5-6-15)17(21)14-4-2-3-13(11-14)12-18/h2-4,11,15-16H,5-10H2,1H3. The fourth-order valence-electron chi connectivity index (χ4n) is 3.13. The topological polar surface area (TPSA) is 47.3 Å². The van der Waals surface area contributed by atoms with Gasteiger partial charge in [0, 0.05) is 17.6 Å². The van der Waals surface area contributed by atoms with Crippen molar-refractivity contribution in [2.45, 2.75) is 37.8 Å². The summed E-state index contributed by atoms with van der Waals surface area (Å²) in [7, 11) is 2.13. The lowest BCUT2D eigenvalue weighted by Gasteiger charge is -2.37. The second kappa shape index (κ2) is 5.87. The lowest BCUT2D eigenvalue weighted by Crippen LogP contribution is -2.47. The molecule has 2 fully saturated rings. The van der Waals surface area contributed by atoms with Crippen molar-refractivity contribution >= 4 is 5.91 Å². The molecule has 1 aliphatic heterocycles. The van der Waals surface area contributed by atoms with Crippen molar-refractivity contribution in [3.8, 4) is 6.07 Å². The summed E-state index contributed by atoms with van der Waals surface area (Å²) >= 11 is 0. The van der Waals surface area contributed by atoms with Crippen LogP contribution in [0.3, 0.4) is 0 Å². The van der Waals surface area contributed by atoms with Gasteiger partial charge in [0.05, 0.1) is 11.6 Å². The summed E-state index contributed by atoms with van der Waals surface area (Å²) < 4.78 is 0. The normalized spacial score (nSPS) is 20.0. The summed E-state index contributed by atoms with van der Waals surface area (Å²) in [6.07, 6.45) is 4.35. The van der Waals surface area contributed by atoms with Crippen LogP contribution in [-0.2, 0) is 0 Å². The second-order valence-electron chi connectivity index (χ2n) is 6.17. The van der Waals surface area contributed by atoms with Gasteiger partial charge in [-0.2, -0.15) is 5.26 Å². The molecule has 0 spiro atoms. The number of benzene rings is 1. The molecule has 4 heteroatoms. The molecule has 0 atom stereocenters. The fourth-order valence-corrected chi connectivity index (χ4v) is 3.13. The molecule has 1 aromatic rings. The first kappa shape index (κ1) is 14.1. The van der Waals surface area contributed by atoms with E-state index in [9.17, 15) is 4.79 Å². The summed E-state index contributed by atoms with van der Waals surface area (Å²) in [6, 6.07) is 9.96. The van der Waals surface area contributed by atoms with Crippen LogP contribution in [0.25, 0.3) is 0 Å². The molecule has 21 heavy (non-hydrogen) atoms. The Hall–Kier alpha value is -1.86. The van der Waals surface area contributed by atoms with Gasteiger partial charge in [-0.1, -0.05) is 6.07 Å². The summed E-state index contributed by atoms with van der Waals surface area (Å²) in [5.41, 5.74) is 1.21. The van der Waals surface area contributed by atoms with Crippen LogP contribution in [0.4, 0.5) is 0 Å². The van der Waals surface area contributed by atoms with E-state index in [2.05, 4.69) is 22.9 Å². The SMILES string of the molecule is CN1CCC(N(C(=O)c2cccc(C#N)c2)C2CC2)CC1. The first-order valence-electron chi connectivity index (χ1n) is 7.70. The molecule has 1 saturated carbocycles. The first-order chi connectivity index (χ1) is 10.2. The van der Waals surface area contributed by atoms with Crippen LogP contribution in [-0.4, -0.2) is 47.9 Å². The van der Waals surface area contributed by atoms with E-state index in [4.69, 9.17) is 5.26 Å². The molecular weight excluding hydrogens is 262 g/mol. The van der Waals surface area contributed by atoms with E-state index in [1.165, 1.54) is 0 Å². The maximum Gasteiger partial charge on any atom is 0.254 e. The van der Waals surface area contributed by atoms with Gasteiger partial charge in [-0.25, -0.2) is 0 Å². The highest BCUT2D eigenvalue weighted by Crippen LogP contribution is 2.33. The van der Waals surface area contributed by atoms with Crippen molar-refractivity contribution in [3.63, 3.8) is 0 Å². The first-order valence-corrected chi connectivity index (χ1v) is 7.70. The predicted octanol–water partition coefficient (Wildman–Crippen LogP) is 2.26. The van der Waals surface area contributed by atoms with Crippen LogP contribution in [0.2, 0.25) is 0 Å². The molecule has 1 aromatic carbocycles. The highest BCUT2D eigenvalue weighted by molar-refractivity contribution is 5.95. The molecule has 1 saturated heterocycles. The van der Waals surface area contributed by atoms with E-state index < -0.39 is 0 Å². The number of piperidine rings is 1. The van der Waals surface area contributed by atoms with Crippen LogP contribution in [0.5, 0.6) is 0 Å². The van der Waals surface area contributed by atoms with E-state index in [1.54, 1.807) is 18.2 Å². The molecule has 1 amide bonds. The molecule has 0 aromatic heterocycles. The zero-order valence-electron chi connectivity index (χ0n) is 12.5. The molecule has 2 aliphatic rings. The van der Waals surface area contributed by atoms with Gasteiger partial charge in [-0.15, -0.1) is 0 Å². The number of rotatable bonds is 3. The highest BCUT2D eigenvalue weighted by Gasteiger charge is 2.38. The summed E-state index contributed by atoms with van der Waals surface area (Å²) in [4.78, 5) is 17.3. The van der Waals surface area contributed by atoms with E-state index in [0.717, 1.165) is 38.8 Å². The van der Waals surface area contributed by atoms with Crippen LogP contribution in [0.15, 0.2) is 24.3 Å². The Balaban J connectivity index is 1.80. The third-order valence-electron chi connectivity index (χ3n) is 4.49. The van der Waals surface area contributed by atoms with Gasteiger partial charge in [-0.3, -0.25) is 4.79 Å². The minimum absolute atomic E-state index is 0.101. The third-order valence-corrected chi connectivity index (χ3v) is 4.49. The second-order valence-corrected chi connectivity index (χ2v) is 6.17. The molecule has 0 bridgehead atoms. The van der Waals surface area contributed by atoms with E-state index in [-0.39, 0.29) is 5.91 Å². The van der Waals surface area contributed by atoms with Crippen molar-refractivity contribution in [1.29, 1.82) is 5.26 Å². The Morgan fingerprint density at radius 3 is 2.52 bits per heavy atom. The molecule has 4 nitrogen and oxygen atoms in total. The van der Waals surface area contributed by atoms with Crippen LogP contribution in [0, 0.1) is 11.3 Å². The largest absolute Gasteiger partial charge is 0.333 e. The monoisotopic (exact) mass is 283 g/mol. The maximum atomic E-state index is 12.9. The van der Waals surface area contributed by atoms with Crippen molar-refractivity contribution < 1.29 is 4.79 Å². The van der Waals surface area contributed by atoms with E-state index in [1.807, 2.05) is 6.07 Å². The van der Waals surface area contributed by atoms with Gasteiger partial charge < -0.3 is 9.80 Å². The molecule has 0 unspecified atom stereocenters. The average Bonchev–Trinajstić information content (AvgIpc) is 3.34.